The normalized spacial score (nSPS) is 11.2. The molecule has 0 saturated heterocycles. The molecule has 2 bridgehead atoms. The third-order valence-corrected chi connectivity index (χ3v) is 8.25. The molecule has 4 heterocycles. The number of hydrogen-bond acceptors (Lipinski definition) is 4. The van der Waals surface area contributed by atoms with Gasteiger partial charge in [0.05, 0.1) is 0 Å². The van der Waals surface area contributed by atoms with Crippen molar-refractivity contribution in [3.63, 3.8) is 0 Å². The summed E-state index contributed by atoms with van der Waals surface area (Å²) in [7, 11) is 0. The average Bonchev–Trinajstić information content (AvgIpc) is 3.49. The fourth-order valence-corrected chi connectivity index (χ4v) is 6.11. The third-order valence-electron chi connectivity index (χ3n) is 8.25. The number of nitrogens with one attached hydrogen (secondary N) is 1. The molecule has 3 aromatic heterocycles. The van der Waals surface area contributed by atoms with E-state index in [4.69, 9.17) is 4.42 Å². The zero-order chi connectivity index (χ0) is 30.2. The zero-order valence-electron chi connectivity index (χ0n) is 24.9. The van der Waals surface area contributed by atoms with Crippen LogP contribution in [-0.2, 0) is 20.1 Å². The van der Waals surface area contributed by atoms with E-state index in [1.165, 1.54) is 22.3 Å². The molecule has 5 aromatic carbocycles. The van der Waals surface area contributed by atoms with E-state index in [9.17, 15) is 0 Å². The first kappa shape index (κ1) is 29.4. The van der Waals surface area contributed by atoms with Gasteiger partial charge in [0, 0.05) is 54.5 Å². The Bertz CT molecular complexity index is 2260. The van der Waals surface area contributed by atoms with Crippen LogP contribution in [0.4, 0.5) is 11.4 Å². The Hall–Kier alpha value is -5.35. The molecule has 0 fully saturated rings. The van der Waals surface area contributed by atoms with Crippen molar-refractivity contribution in [2.45, 2.75) is 6.92 Å². The number of furan rings is 1. The summed E-state index contributed by atoms with van der Waals surface area (Å²) in [6.07, 6.45) is 3.61. The van der Waals surface area contributed by atoms with Crippen molar-refractivity contribution in [1.29, 1.82) is 0 Å². The maximum absolute atomic E-state index is 6.20. The molecule has 0 unspecified atom stereocenters. The van der Waals surface area contributed by atoms with Crippen LogP contribution in [0.15, 0.2) is 144 Å². The number of aromatic nitrogens is 2. The van der Waals surface area contributed by atoms with Crippen molar-refractivity contribution in [3.05, 3.63) is 157 Å². The molecule has 1 radical (unpaired) electrons. The second kappa shape index (κ2) is 12.6. The topological polar surface area (TPSA) is 51.0 Å². The fourth-order valence-electron chi connectivity index (χ4n) is 6.11. The molecule has 4 nitrogen and oxygen atoms in total. The van der Waals surface area contributed by atoms with Gasteiger partial charge in [0.2, 0.25) is 0 Å². The molecule has 0 saturated carbocycles. The van der Waals surface area contributed by atoms with E-state index in [1.54, 1.807) is 6.20 Å². The molecule has 1 aliphatic rings. The molecule has 1 aliphatic heterocycles. The number of pyridine rings is 2. The zero-order valence-corrected chi connectivity index (χ0v) is 27.3. The monoisotopic (exact) mass is 770 g/mol. The van der Waals surface area contributed by atoms with Gasteiger partial charge in [-0.25, -0.2) is 0 Å². The van der Waals surface area contributed by atoms with Gasteiger partial charge in [-0.3, -0.25) is 0 Å². The SMILES string of the molecule is Cc1c2cccc1-c1c(ccc3oc4ccccc4c13)Nc1c[c-]c(-c3ccccn3)cc1-2.[Ir].[c-]1ccccc1-c1ccccn1. The van der Waals surface area contributed by atoms with Gasteiger partial charge in [-0.2, -0.15) is 0 Å². The van der Waals surface area contributed by atoms with E-state index >= 15 is 0 Å². The Balaban J connectivity index is 0.000000220. The molecule has 5 heteroatoms. The molecule has 0 amide bonds. The van der Waals surface area contributed by atoms with Gasteiger partial charge in [-0.1, -0.05) is 66.2 Å². The minimum Gasteiger partial charge on any atom is -0.456 e. The summed E-state index contributed by atoms with van der Waals surface area (Å²) in [5.41, 5.74) is 13.8. The summed E-state index contributed by atoms with van der Waals surface area (Å²) in [5.74, 6) is 0. The second-order valence-electron chi connectivity index (χ2n) is 10.9. The Labute approximate surface area is 281 Å². The summed E-state index contributed by atoms with van der Waals surface area (Å²) < 4.78 is 6.20. The molecule has 223 valence electrons. The number of fused-ring (bicyclic) bond motifs is 10. The maximum atomic E-state index is 6.20. The van der Waals surface area contributed by atoms with E-state index in [0.29, 0.717) is 0 Å². The molecular formula is C41H27IrN3O-2. The number of hydrogen-bond donors (Lipinski definition) is 1. The molecule has 9 rings (SSSR count). The largest absolute Gasteiger partial charge is 0.456 e. The third kappa shape index (κ3) is 5.30. The maximum Gasteiger partial charge on any atom is 0.136 e. The van der Waals surface area contributed by atoms with Crippen molar-refractivity contribution < 1.29 is 24.5 Å². The van der Waals surface area contributed by atoms with Crippen molar-refractivity contribution >= 4 is 33.3 Å². The van der Waals surface area contributed by atoms with E-state index in [1.807, 2.05) is 85.1 Å². The fraction of sp³-hybridized carbons (Fsp3) is 0.0244. The minimum absolute atomic E-state index is 0. The van der Waals surface area contributed by atoms with Crippen LogP contribution in [-0.4, -0.2) is 9.97 Å². The summed E-state index contributed by atoms with van der Waals surface area (Å²) in [5, 5.41) is 6.00. The second-order valence-corrected chi connectivity index (χ2v) is 10.9. The quantitative estimate of drug-likeness (QED) is 0.178. The predicted octanol–water partition coefficient (Wildman–Crippen LogP) is 10.7. The van der Waals surface area contributed by atoms with Crippen molar-refractivity contribution in [2.24, 2.45) is 0 Å². The van der Waals surface area contributed by atoms with E-state index < -0.39 is 0 Å². The summed E-state index contributed by atoms with van der Waals surface area (Å²) in [6, 6.07) is 49.4. The van der Waals surface area contributed by atoms with Crippen molar-refractivity contribution in [2.75, 3.05) is 5.32 Å². The van der Waals surface area contributed by atoms with Crippen LogP contribution in [0.5, 0.6) is 0 Å². The number of para-hydroxylation sites is 1. The first-order valence-corrected chi connectivity index (χ1v) is 14.9. The Morgan fingerprint density at radius 2 is 1.35 bits per heavy atom. The van der Waals surface area contributed by atoms with Crippen LogP contribution < -0.4 is 5.32 Å². The van der Waals surface area contributed by atoms with E-state index in [-0.39, 0.29) is 20.1 Å². The summed E-state index contributed by atoms with van der Waals surface area (Å²) in [4.78, 5) is 8.74. The molecule has 8 aromatic rings. The predicted molar refractivity (Wildman–Crippen MR) is 183 cm³/mol. The smallest absolute Gasteiger partial charge is 0.136 e. The van der Waals surface area contributed by atoms with Crippen LogP contribution in [0.2, 0.25) is 0 Å². The van der Waals surface area contributed by atoms with E-state index in [2.05, 4.69) is 82.9 Å². The Morgan fingerprint density at radius 1 is 0.609 bits per heavy atom. The molecule has 1 N–H and O–H groups in total. The van der Waals surface area contributed by atoms with Gasteiger partial charge in [0.1, 0.15) is 11.2 Å². The van der Waals surface area contributed by atoms with Crippen LogP contribution in [0.1, 0.15) is 5.56 Å². The summed E-state index contributed by atoms with van der Waals surface area (Å²) in [6.45, 7) is 2.21. The molecule has 46 heavy (non-hydrogen) atoms. The van der Waals surface area contributed by atoms with Gasteiger partial charge in [-0.05, 0) is 71.0 Å². The van der Waals surface area contributed by atoms with Gasteiger partial charge in [0.15, 0.2) is 0 Å². The standard InChI is InChI=1S/C30H19N2O.C11H8N.Ir/c1-18-20-8-6-9-21(18)29-26(14-15-28-30(29)22-7-2-3-11-27(22)33-28)32-25-13-12-19(17-23(20)25)24-10-4-5-16-31-24;1-2-6-10(7-3-1)11-8-4-5-9-12-11;/h2-11,13-17,32H,1H3;1-6,8-9H;/q2*-1;. The van der Waals surface area contributed by atoms with Gasteiger partial charge in [-0.15, -0.1) is 59.7 Å². The van der Waals surface area contributed by atoms with E-state index in [0.717, 1.165) is 61.4 Å². The van der Waals surface area contributed by atoms with Gasteiger partial charge >= 0.3 is 0 Å². The van der Waals surface area contributed by atoms with Gasteiger partial charge in [0.25, 0.3) is 0 Å². The molecule has 0 aliphatic carbocycles. The van der Waals surface area contributed by atoms with Crippen LogP contribution in [0, 0.1) is 19.1 Å². The van der Waals surface area contributed by atoms with Crippen LogP contribution in [0.3, 0.4) is 0 Å². The number of rotatable bonds is 2. The molecule has 0 atom stereocenters. The molecule has 0 spiro atoms. The molecular weight excluding hydrogens is 743 g/mol. The van der Waals surface area contributed by atoms with Crippen LogP contribution >= 0.6 is 0 Å². The average molecular weight is 770 g/mol. The van der Waals surface area contributed by atoms with Crippen LogP contribution in [0.25, 0.3) is 66.7 Å². The Kier molecular flexibility index (Phi) is 8.02. The minimum atomic E-state index is 0. The number of anilines is 2. The first-order valence-electron chi connectivity index (χ1n) is 14.9. The van der Waals surface area contributed by atoms with Crippen molar-refractivity contribution in [3.8, 4) is 44.8 Å². The first-order chi connectivity index (χ1) is 22.2. The van der Waals surface area contributed by atoms with Crippen molar-refractivity contribution in [1.82, 2.24) is 9.97 Å². The Morgan fingerprint density at radius 3 is 2.11 bits per heavy atom. The summed E-state index contributed by atoms with van der Waals surface area (Å²) >= 11 is 0. The number of benzene rings is 5. The van der Waals surface area contributed by atoms with Gasteiger partial charge < -0.3 is 19.7 Å². The number of nitrogens with zero attached hydrogens (tertiary/aromatic N) is 2.